The summed E-state index contributed by atoms with van der Waals surface area (Å²) in [4.78, 5) is 10.4. The highest BCUT2D eigenvalue weighted by Crippen LogP contribution is 2.28. The lowest BCUT2D eigenvalue weighted by Crippen LogP contribution is -2.26. The van der Waals surface area contributed by atoms with Crippen LogP contribution in [0.25, 0.3) is 0 Å². The molecule has 0 atom stereocenters. The summed E-state index contributed by atoms with van der Waals surface area (Å²) in [5.74, 6) is 0.292. The van der Waals surface area contributed by atoms with E-state index in [1.807, 2.05) is 6.92 Å². The normalized spacial score (nSPS) is 16.3. The van der Waals surface area contributed by atoms with Crippen LogP contribution in [0.15, 0.2) is 18.2 Å². The van der Waals surface area contributed by atoms with Gasteiger partial charge in [-0.25, -0.2) is 0 Å². The second-order valence-electron chi connectivity index (χ2n) is 4.39. The summed E-state index contributed by atoms with van der Waals surface area (Å²) in [7, 11) is 0. The molecule has 0 saturated carbocycles. The van der Waals surface area contributed by atoms with E-state index in [1.54, 1.807) is 12.1 Å². The Bertz CT molecular complexity index is 443. The minimum absolute atomic E-state index is 0.0175. The highest BCUT2D eigenvalue weighted by Gasteiger charge is 2.17. The molecule has 0 spiro atoms. The van der Waals surface area contributed by atoms with Gasteiger partial charge in [0.15, 0.2) is 12.0 Å². The lowest BCUT2D eigenvalue weighted by molar-refractivity contribution is -0.385. The van der Waals surface area contributed by atoms with Gasteiger partial charge < -0.3 is 14.2 Å². The predicted octanol–water partition coefficient (Wildman–Crippen LogP) is 2.44. The summed E-state index contributed by atoms with van der Waals surface area (Å²) in [6.07, 6.45) is 1.20. The molecule has 2 rings (SSSR count). The highest BCUT2D eigenvalue weighted by molar-refractivity contribution is 5.48. The van der Waals surface area contributed by atoms with E-state index < -0.39 is 4.92 Å². The van der Waals surface area contributed by atoms with Crippen molar-refractivity contribution in [2.45, 2.75) is 26.1 Å². The number of hydrogen-bond donors (Lipinski definition) is 0. The molecule has 104 valence electrons. The van der Waals surface area contributed by atoms with Crippen LogP contribution in [0.4, 0.5) is 5.69 Å². The van der Waals surface area contributed by atoms with Gasteiger partial charge in [0.2, 0.25) is 0 Å². The molecule has 19 heavy (non-hydrogen) atoms. The van der Waals surface area contributed by atoms with Gasteiger partial charge in [-0.1, -0.05) is 6.07 Å². The minimum atomic E-state index is -0.442. The van der Waals surface area contributed by atoms with Crippen LogP contribution in [0.5, 0.6) is 5.75 Å². The first-order valence-electron chi connectivity index (χ1n) is 6.28. The number of rotatable bonds is 5. The van der Waals surface area contributed by atoms with Gasteiger partial charge in [0, 0.05) is 12.5 Å². The summed E-state index contributed by atoms with van der Waals surface area (Å²) in [5, 5.41) is 10.9. The quantitative estimate of drug-likeness (QED) is 0.605. The second-order valence-corrected chi connectivity index (χ2v) is 4.39. The Morgan fingerprint density at radius 1 is 1.42 bits per heavy atom. The maximum absolute atomic E-state index is 10.9. The average molecular weight is 267 g/mol. The Morgan fingerprint density at radius 2 is 2.16 bits per heavy atom. The van der Waals surface area contributed by atoms with Crippen LogP contribution in [0.2, 0.25) is 0 Å². The van der Waals surface area contributed by atoms with Crippen molar-refractivity contribution in [3.8, 4) is 5.75 Å². The number of nitrogens with zero attached hydrogens (tertiary/aromatic N) is 1. The standard InChI is InChI=1S/C13H17NO5/c1-10-3-4-11(14(15)16)12(9-10)17-8-5-13-18-6-2-7-19-13/h3-4,9,13H,2,5-8H2,1H3. The van der Waals surface area contributed by atoms with Crippen LogP contribution in [0.1, 0.15) is 18.4 Å². The van der Waals surface area contributed by atoms with E-state index in [0.717, 1.165) is 12.0 Å². The molecular weight excluding hydrogens is 250 g/mol. The summed E-state index contributed by atoms with van der Waals surface area (Å²) in [6, 6.07) is 4.82. The lowest BCUT2D eigenvalue weighted by Gasteiger charge is -2.23. The molecule has 1 fully saturated rings. The predicted molar refractivity (Wildman–Crippen MR) is 68.3 cm³/mol. The fourth-order valence-corrected chi connectivity index (χ4v) is 1.86. The zero-order valence-corrected chi connectivity index (χ0v) is 10.8. The molecule has 6 heteroatoms. The Hall–Kier alpha value is -1.66. The third-order valence-electron chi connectivity index (χ3n) is 2.82. The van der Waals surface area contributed by atoms with Gasteiger partial charge in [-0.15, -0.1) is 0 Å². The van der Waals surface area contributed by atoms with Crippen LogP contribution >= 0.6 is 0 Å². The summed E-state index contributed by atoms with van der Waals surface area (Å²) in [5.41, 5.74) is 0.904. The van der Waals surface area contributed by atoms with Crippen LogP contribution in [-0.2, 0) is 9.47 Å². The molecule has 1 saturated heterocycles. The van der Waals surface area contributed by atoms with E-state index in [-0.39, 0.29) is 12.0 Å². The van der Waals surface area contributed by atoms with Crippen LogP contribution in [0.3, 0.4) is 0 Å². The van der Waals surface area contributed by atoms with E-state index in [0.29, 0.717) is 32.0 Å². The molecule has 1 heterocycles. The van der Waals surface area contributed by atoms with Gasteiger partial charge in [0.25, 0.3) is 0 Å². The van der Waals surface area contributed by atoms with E-state index in [2.05, 4.69) is 0 Å². The van der Waals surface area contributed by atoms with Crippen molar-refractivity contribution in [1.29, 1.82) is 0 Å². The van der Waals surface area contributed by atoms with Gasteiger partial charge in [-0.2, -0.15) is 0 Å². The Morgan fingerprint density at radius 3 is 2.84 bits per heavy atom. The maximum atomic E-state index is 10.9. The van der Waals surface area contributed by atoms with Crippen molar-refractivity contribution in [2.75, 3.05) is 19.8 Å². The Kier molecular flexibility index (Phi) is 4.70. The van der Waals surface area contributed by atoms with E-state index in [1.165, 1.54) is 6.07 Å². The van der Waals surface area contributed by atoms with Crippen molar-refractivity contribution in [3.05, 3.63) is 33.9 Å². The molecule has 1 aliphatic heterocycles. The summed E-state index contributed by atoms with van der Waals surface area (Å²) < 4.78 is 16.2. The second kappa shape index (κ2) is 6.49. The van der Waals surface area contributed by atoms with Crippen LogP contribution in [0, 0.1) is 17.0 Å². The first-order chi connectivity index (χ1) is 9.16. The van der Waals surface area contributed by atoms with Gasteiger partial charge in [-0.05, 0) is 25.0 Å². The molecule has 0 aliphatic carbocycles. The number of benzene rings is 1. The monoisotopic (exact) mass is 267 g/mol. The summed E-state index contributed by atoms with van der Waals surface area (Å²) in [6.45, 7) is 3.57. The molecule has 0 radical (unpaired) electrons. The van der Waals surface area contributed by atoms with Gasteiger partial charge >= 0.3 is 5.69 Å². The fourth-order valence-electron chi connectivity index (χ4n) is 1.86. The Labute approximate surface area is 111 Å². The zero-order chi connectivity index (χ0) is 13.7. The van der Waals surface area contributed by atoms with Crippen LogP contribution in [-0.4, -0.2) is 31.0 Å². The molecule has 1 aromatic carbocycles. The van der Waals surface area contributed by atoms with Crippen molar-refractivity contribution in [3.63, 3.8) is 0 Å². The number of ether oxygens (including phenoxy) is 3. The molecule has 0 aromatic heterocycles. The van der Waals surface area contributed by atoms with Gasteiger partial charge in [0.1, 0.15) is 0 Å². The SMILES string of the molecule is Cc1ccc([N+](=O)[O-])c(OCCC2OCCCO2)c1. The average Bonchev–Trinajstić information content (AvgIpc) is 2.39. The largest absolute Gasteiger partial charge is 0.487 e. The van der Waals surface area contributed by atoms with E-state index >= 15 is 0 Å². The van der Waals surface area contributed by atoms with Crippen molar-refractivity contribution in [2.24, 2.45) is 0 Å². The van der Waals surface area contributed by atoms with E-state index in [9.17, 15) is 10.1 Å². The zero-order valence-electron chi connectivity index (χ0n) is 10.8. The number of nitro groups is 1. The van der Waals surface area contributed by atoms with Crippen molar-refractivity contribution in [1.82, 2.24) is 0 Å². The molecular formula is C13H17NO5. The first-order valence-corrected chi connectivity index (χ1v) is 6.28. The molecule has 1 aromatic rings. The first kappa shape index (κ1) is 13.8. The molecule has 1 aliphatic rings. The molecule has 0 bridgehead atoms. The molecule has 0 N–H and O–H groups in total. The smallest absolute Gasteiger partial charge is 0.310 e. The number of aryl methyl sites for hydroxylation is 1. The maximum Gasteiger partial charge on any atom is 0.310 e. The molecule has 6 nitrogen and oxygen atoms in total. The van der Waals surface area contributed by atoms with Crippen molar-refractivity contribution >= 4 is 5.69 Å². The van der Waals surface area contributed by atoms with Gasteiger partial charge in [-0.3, -0.25) is 10.1 Å². The summed E-state index contributed by atoms with van der Waals surface area (Å²) >= 11 is 0. The van der Waals surface area contributed by atoms with Gasteiger partial charge in [0.05, 0.1) is 24.7 Å². The van der Waals surface area contributed by atoms with Crippen molar-refractivity contribution < 1.29 is 19.1 Å². The number of nitro benzene ring substituents is 1. The third kappa shape index (κ3) is 3.90. The molecule has 0 amide bonds. The highest BCUT2D eigenvalue weighted by atomic mass is 16.7. The Balaban J connectivity index is 1.91. The fraction of sp³-hybridized carbons (Fsp3) is 0.538. The minimum Gasteiger partial charge on any atom is -0.487 e. The van der Waals surface area contributed by atoms with Crippen LogP contribution < -0.4 is 4.74 Å². The molecule has 0 unspecified atom stereocenters. The lowest BCUT2D eigenvalue weighted by atomic mass is 10.2. The van der Waals surface area contributed by atoms with E-state index in [4.69, 9.17) is 14.2 Å². The third-order valence-corrected chi connectivity index (χ3v) is 2.82. The topological polar surface area (TPSA) is 70.8 Å². The number of hydrogen-bond acceptors (Lipinski definition) is 5.